The quantitative estimate of drug-likeness (QED) is 0.0997. The standard InChI is InChI=1S/C20H38I2N2O4/c21-9-5-1-2-6-14-26-16-18-28-19-17-27-15-7-3-4-8-20(25)23-10-12-24(22)13-11-23/h1-19H2. The molecule has 28 heavy (non-hydrogen) atoms. The number of nitrogens with zero attached hydrogens (tertiary/aromatic N) is 2. The Morgan fingerprint density at radius 1 is 0.679 bits per heavy atom. The molecule has 1 amide bonds. The van der Waals surface area contributed by atoms with Gasteiger partial charge in [0.2, 0.25) is 5.91 Å². The Bertz CT molecular complexity index is 370. The molecule has 166 valence electrons. The summed E-state index contributed by atoms with van der Waals surface area (Å²) in [6, 6.07) is 0. The van der Waals surface area contributed by atoms with Gasteiger partial charge in [0.25, 0.3) is 0 Å². The van der Waals surface area contributed by atoms with Crippen LogP contribution >= 0.6 is 45.5 Å². The fourth-order valence-electron chi connectivity index (χ4n) is 2.94. The summed E-state index contributed by atoms with van der Waals surface area (Å²) < 4.78 is 20.1. The predicted molar refractivity (Wildman–Crippen MR) is 130 cm³/mol. The third-order valence-corrected chi connectivity index (χ3v) is 6.40. The van der Waals surface area contributed by atoms with Crippen molar-refractivity contribution < 1.29 is 19.0 Å². The highest BCUT2D eigenvalue weighted by molar-refractivity contribution is 14.1. The van der Waals surface area contributed by atoms with Crippen molar-refractivity contribution >= 4 is 51.4 Å². The summed E-state index contributed by atoms with van der Waals surface area (Å²) in [4.78, 5) is 14.1. The van der Waals surface area contributed by atoms with E-state index >= 15 is 0 Å². The van der Waals surface area contributed by atoms with Gasteiger partial charge in [-0.2, -0.15) is 0 Å². The van der Waals surface area contributed by atoms with Crippen LogP contribution in [-0.4, -0.2) is 84.2 Å². The van der Waals surface area contributed by atoms with E-state index in [2.05, 4.69) is 48.6 Å². The Kier molecular flexibility index (Phi) is 18.9. The molecule has 0 aromatic heterocycles. The van der Waals surface area contributed by atoms with Crippen LogP contribution in [0.4, 0.5) is 0 Å². The molecule has 0 N–H and O–H groups in total. The highest BCUT2D eigenvalue weighted by Gasteiger charge is 2.18. The SMILES string of the molecule is O=C(CCCCCOCCOCCOCCCCCCI)N1CCN(I)CC1. The molecular weight excluding hydrogens is 586 g/mol. The molecule has 0 bridgehead atoms. The van der Waals surface area contributed by atoms with Gasteiger partial charge in [-0.15, -0.1) is 0 Å². The number of carbonyl (C=O) groups is 1. The van der Waals surface area contributed by atoms with Crippen LogP contribution in [0.25, 0.3) is 0 Å². The second-order valence-corrected chi connectivity index (χ2v) is 9.48. The Labute approximate surface area is 199 Å². The van der Waals surface area contributed by atoms with Crippen molar-refractivity contribution in [3.8, 4) is 0 Å². The van der Waals surface area contributed by atoms with Gasteiger partial charge in [-0.25, -0.2) is 3.11 Å². The molecule has 1 saturated heterocycles. The van der Waals surface area contributed by atoms with Crippen molar-refractivity contribution in [2.24, 2.45) is 0 Å². The van der Waals surface area contributed by atoms with E-state index in [1.165, 1.54) is 23.7 Å². The number of hydrogen-bond donors (Lipinski definition) is 0. The van der Waals surface area contributed by atoms with Crippen LogP contribution < -0.4 is 0 Å². The molecule has 0 aromatic carbocycles. The van der Waals surface area contributed by atoms with Crippen LogP contribution in [0.3, 0.4) is 0 Å². The first-order chi connectivity index (χ1) is 13.7. The maximum Gasteiger partial charge on any atom is 0.222 e. The van der Waals surface area contributed by atoms with E-state index in [4.69, 9.17) is 14.2 Å². The van der Waals surface area contributed by atoms with Crippen LogP contribution in [0.2, 0.25) is 0 Å². The van der Waals surface area contributed by atoms with Gasteiger partial charge in [0.15, 0.2) is 0 Å². The van der Waals surface area contributed by atoms with Crippen molar-refractivity contribution in [1.29, 1.82) is 0 Å². The molecule has 1 aliphatic heterocycles. The van der Waals surface area contributed by atoms with Crippen molar-refractivity contribution in [3.05, 3.63) is 0 Å². The van der Waals surface area contributed by atoms with Gasteiger partial charge in [0, 0.05) is 68.7 Å². The van der Waals surface area contributed by atoms with Crippen LogP contribution in [-0.2, 0) is 19.0 Å². The van der Waals surface area contributed by atoms with E-state index in [-0.39, 0.29) is 0 Å². The second kappa shape index (κ2) is 19.7. The lowest BCUT2D eigenvalue weighted by Crippen LogP contribution is -2.45. The molecule has 6 nitrogen and oxygen atoms in total. The van der Waals surface area contributed by atoms with E-state index in [0.29, 0.717) is 38.8 Å². The number of halogens is 2. The Hall–Kier alpha value is 0.770. The van der Waals surface area contributed by atoms with Crippen LogP contribution in [0.15, 0.2) is 0 Å². The molecular formula is C20H38I2N2O4. The van der Waals surface area contributed by atoms with Gasteiger partial charge < -0.3 is 19.1 Å². The highest BCUT2D eigenvalue weighted by Crippen LogP contribution is 2.10. The first-order valence-electron chi connectivity index (χ1n) is 10.7. The third kappa shape index (κ3) is 15.6. The van der Waals surface area contributed by atoms with E-state index in [0.717, 1.165) is 65.1 Å². The maximum absolute atomic E-state index is 12.1. The zero-order valence-electron chi connectivity index (χ0n) is 17.2. The molecule has 1 aliphatic rings. The van der Waals surface area contributed by atoms with Crippen molar-refractivity contribution in [2.45, 2.75) is 51.4 Å². The predicted octanol–water partition coefficient (Wildman–Crippen LogP) is 4.09. The van der Waals surface area contributed by atoms with Crippen LogP contribution in [0, 0.1) is 0 Å². The molecule has 1 heterocycles. The number of alkyl halides is 1. The van der Waals surface area contributed by atoms with Gasteiger partial charge in [0.1, 0.15) is 0 Å². The highest BCUT2D eigenvalue weighted by atomic mass is 127. The lowest BCUT2D eigenvalue weighted by atomic mass is 10.2. The Morgan fingerprint density at radius 3 is 1.75 bits per heavy atom. The minimum atomic E-state index is 0.307. The van der Waals surface area contributed by atoms with Gasteiger partial charge >= 0.3 is 0 Å². The fraction of sp³-hybridized carbons (Fsp3) is 0.950. The number of rotatable bonds is 18. The summed E-state index contributed by atoms with van der Waals surface area (Å²) in [6.45, 7) is 7.87. The average Bonchev–Trinajstić information content (AvgIpc) is 2.70. The summed E-state index contributed by atoms with van der Waals surface area (Å²) in [5.74, 6) is 0.307. The molecule has 0 spiro atoms. The monoisotopic (exact) mass is 624 g/mol. The van der Waals surface area contributed by atoms with Crippen molar-refractivity contribution in [1.82, 2.24) is 8.01 Å². The average molecular weight is 624 g/mol. The first kappa shape index (κ1) is 26.8. The number of amides is 1. The zero-order chi connectivity index (χ0) is 20.3. The lowest BCUT2D eigenvalue weighted by molar-refractivity contribution is -0.132. The number of piperazine rings is 1. The summed E-state index contributed by atoms with van der Waals surface area (Å²) in [5.41, 5.74) is 0. The van der Waals surface area contributed by atoms with Gasteiger partial charge in [0.05, 0.1) is 26.4 Å². The molecule has 0 unspecified atom stereocenters. The smallest absolute Gasteiger partial charge is 0.222 e. The molecule has 8 heteroatoms. The molecule has 1 rings (SSSR count). The summed E-state index contributed by atoms with van der Waals surface area (Å²) >= 11 is 4.75. The van der Waals surface area contributed by atoms with E-state index in [1.807, 2.05) is 4.90 Å². The summed E-state index contributed by atoms with van der Waals surface area (Å²) in [5, 5.41) is 0. The first-order valence-corrected chi connectivity index (χ1v) is 13.2. The molecule has 1 fully saturated rings. The molecule has 0 aromatic rings. The lowest BCUT2D eigenvalue weighted by Gasteiger charge is -2.31. The van der Waals surface area contributed by atoms with Gasteiger partial charge in [-0.3, -0.25) is 4.79 Å². The molecule has 0 atom stereocenters. The van der Waals surface area contributed by atoms with Gasteiger partial charge in [-0.1, -0.05) is 41.9 Å². The molecule has 0 saturated carbocycles. The summed E-state index contributed by atoms with van der Waals surface area (Å²) in [7, 11) is 0. The van der Waals surface area contributed by atoms with Crippen molar-refractivity contribution in [2.75, 3.05) is 70.2 Å². The topological polar surface area (TPSA) is 51.2 Å². The van der Waals surface area contributed by atoms with Crippen LogP contribution in [0.5, 0.6) is 0 Å². The maximum atomic E-state index is 12.1. The van der Waals surface area contributed by atoms with E-state index in [9.17, 15) is 4.79 Å². The fourth-order valence-corrected chi connectivity index (χ4v) is 3.91. The number of unbranched alkanes of at least 4 members (excludes halogenated alkanes) is 5. The minimum Gasteiger partial charge on any atom is -0.379 e. The summed E-state index contributed by atoms with van der Waals surface area (Å²) in [6.07, 6.45) is 8.73. The largest absolute Gasteiger partial charge is 0.379 e. The number of hydrogen-bond acceptors (Lipinski definition) is 5. The third-order valence-electron chi connectivity index (χ3n) is 4.67. The van der Waals surface area contributed by atoms with E-state index in [1.54, 1.807) is 0 Å². The van der Waals surface area contributed by atoms with Gasteiger partial charge in [-0.05, 0) is 30.1 Å². The minimum absolute atomic E-state index is 0.307. The molecule has 0 radical (unpaired) electrons. The zero-order valence-corrected chi connectivity index (χ0v) is 21.5. The van der Waals surface area contributed by atoms with Crippen molar-refractivity contribution in [3.63, 3.8) is 0 Å². The number of ether oxygens (including phenoxy) is 3. The molecule has 0 aliphatic carbocycles. The number of carbonyl (C=O) groups excluding carboxylic acids is 1. The van der Waals surface area contributed by atoms with E-state index < -0.39 is 0 Å². The Morgan fingerprint density at radius 2 is 1.18 bits per heavy atom. The Balaban J connectivity index is 1.73. The normalized spacial score (nSPS) is 15.3. The second-order valence-electron chi connectivity index (χ2n) is 7.04. The van der Waals surface area contributed by atoms with Crippen LogP contribution in [0.1, 0.15) is 51.4 Å².